The third-order valence-electron chi connectivity index (χ3n) is 2.20. The Kier molecular flexibility index (Phi) is 4.79. The molecule has 0 N–H and O–H groups in total. The van der Waals surface area contributed by atoms with Crippen LogP contribution < -0.4 is 9.47 Å². The molecule has 0 aliphatic heterocycles. The van der Waals surface area contributed by atoms with Crippen molar-refractivity contribution in [2.45, 2.75) is 0 Å². The van der Waals surface area contributed by atoms with E-state index in [4.69, 9.17) is 44.3 Å². The second-order valence-electron chi connectivity index (χ2n) is 3.45. The van der Waals surface area contributed by atoms with Crippen LogP contribution in [-0.4, -0.2) is 12.1 Å². The number of hydrogen-bond donors (Lipinski definition) is 0. The van der Waals surface area contributed by atoms with E-state index in [2.05, 4.69) is 20.9 Å². The maximum atomic E-state index is 5.99. The minimum absolute atomic E-state index is 0.130. The smallest absolute Gasteiger partial charge is 0.239 e. The maximum absolute atomic E-state index is 5.99. The lowest BCUT2D eigenvalue weighted by Gasteiger charge is -2.10. The number of nitrogens with zero attached hydrogens (tertiary/aromatic N) is 1. The largest absolute Gasteiger partial charge is 0.497 e. The molecule has 2 rings (SSSR count). The number of aromatic nitrogens is 1. The number of ether oxygens (including phenoxy) is 2. The summed E-state index contributed by atoms with van der Waals surface area (Å²) >= 11 is 21.0. The van der Waals surface area contributed by atoms with Crippen LogP contribution in [0.5, 0.6) is 17.4 Å². The Labute approximate surface area is 133 Å². The zero-order valence-electron chi connectivity index (χ0n) is 9.58. The summed E-state index contributed by atoms with van der Waals surface area (Å²) in [5.74, 6) is 1.42. The zero-order chi connectivity index (χ0) is 14.0. The minimum atomic E-state index is 0.130. The van der Waals surface area contributed by atoms with E-state index < -0.39 is 0 Å². The van der Waals surface area contributed by atoms with Crippen LogP contribution in [0.25, 0.3) is 0 Å². The zero-order valence-corrected chi connectivity index (χ0v) is 13.4. The summed E-state index contributed by atoms with van der Waals surface area (Å²) in [5.41, 5.74) is 0. The van der Waals surface area contributed by atoms with Gasteiger partial charge in [0.05, 0.1) is 16.6 Å². The highest BCUT2D eigenvalue weighted by atomic mass is 79.9. The van der Waals surface area contributed by atoms with Crippen molar-refractivity contribution < 1.29 is 9.47 Å². The Morgan fingerprint density at radius 1 is 1.11 bits per heavy atom. The van der Waals surface area contributed by atoms with Gasteiger partial charge in [-0.3, -0.25) is 0 Å². The fourth-order valence-corrected chi connectivity index (χ4v) is 2.26. The van der Waals surface area contributed by atoms with E-state index >= 15 is 0 Å². The molecule has 0 unspecified atom stereocenters. The molecule has 0 fully saturated rings. The predicted molar refractivity (Wildman–Crippen MR) is 80.0 cm³/mol. The molecule has 0 amide bonds. The number of pyridine rings is 1. The Morgan fingerprint density at radius 2 is 1.84 bits per heavy atom. The molecule has 100 valence electrons. The van der Waals surface area contributed by atoms with Gasteiger partial charge in [0.25, 0.3) is 0 Å². The SMILES string of the molecule is COc1ccc(Oc2nc(Cl)c(Cl)cc2Cl)c(Br)c1. The number of hydrogen-bond acceptors (Lipinski definition) is 3. The molecule has 1 aromatic carbocycles. The first-order valence-electron chi connectivity index (χ1n) is 5.04. The first-order valence-corrected chi connectivity index (χ1v) is 6.97. The van der Waals surface area contributed by atoms with Crippen molar-refractivity contribution in [1.82, 2.24) is 4.98 Å². The van der Waals surface area contributed by atoms with Gasteiger partial charge in [-0.2, -0.15) is 4.98 Å². The van der Waals surface area contributed by atoms with Crippen molar-refractivity contribution in [3.63, 3.8) is 0 Å². The van der Waals surface area contributed by atoms with Gasteiger partial charge in [0.15, 0.2) is 5.15 Å². The Hall–Kier alpha value is -0.680. The van der Waals surface area contributed by atoms with Crippen LogP contribution in [0.2, 0.25) is 15.2 Å². The van der Waals surface area contributed by atoms with E-state index in [0.717, 1.165) is 0 Å². The van der Waals surface area contributed by atoms with Gasteiger partial charge in [0.1, 0.15) is 16.5 Å². The normalized spacial score (nSPS) is 10.4. The van der Waals surface area contributed by atoms with E-state index in [0.29, 0.717) is 16.0 Å². The third-order valence-corrected chi connectivity index (χ3v) is 3.76. The molecule has 1 aromatic heterocycles. The van der Waals surface area contributed by atoms with Gasteiger partial charge in [-0.05, 0) is 40.2 Å². The number of rotatable bonds is 3. The van der Waals surface area contributed by atoms with Crippen LogP contribution in [0.3, 0.4) is 0 Å². The molecule has 0 saturated carbocycles. The van der Waals surface area contributed by atoms with Crippen molar-refractivity contribution in [3.05, 3.63) is 43.9 Å². The Balaban J connectivity index is 2.33. The van der Waals surface area contributed by atoms with Gasteiger partial charge in [-0.15, -0.1) is 0 Å². The number of benzene rings is 1. The van der Waals surface area contributed by atoms with Crippen LogP contribution in [-0.2, 0) is 0 Å². The van der Waals surface area contributed by atoms with Crippen molar-refractivity contribution in [3.8, 4) is 17.4 Å². The molecule has 3 nitrogen and oxygen atoms in total. The molecule has 0 bridgehead atoms. The van der Waals surface area contributed by atoms with Crippen LogP contribution in [0, 0.1) is 0 Å². The monoisotopic (exact) mass is 381 g/mol. The summed E-state index contributed by atoms with van der Waals surface area (Å²) in [6.07, 6.45) is 0. The lowest BCUT2D eigenvalue weighted by Crippen LogP contribution is -1.92. The molecule has 0 aliphatic rings. The average Bonchev–Trinajstić information content (AvgIpc) is 2.38. The summed E-state index contributed by atoms with van der Waals surface area (Å²) < 4.78 is 11.4. The summed E-state index contributed by atoms with van der Waals surface area (Å²) in [7, 11) is 1.58. The van der Waals surface area contributed by atoms with E-state index in [1.807, 2.05) is 0 Å². The topological polar surface area (TPSA) is 31.4 Å². The molecule has 1 heterocycles. The Morgan fingerprint density at radius 3 is 2.47 bits per heavy atom. The molecular weight excluding hydrogens is 376 g/mol. The summed E-state index contributed by atoms with van der Waals surface area (Å²) in [6, 6.07) is 6.72. The van der Waals surface area contributed by atoms with Crippen molar-refractivity contribution in [2.24, 2.45) is 0 Å². The quantitative estimate of drug-likeness (QED) is 0.646. The van der Waals surface area contributed by atoms with E-state index in [9.17, 15) is 0 Å². The average molecular weight is 383 g/mol. The molecule has 0 aliphatic carbocycles. The highest BCUT2D eigenvalue weighted by Crippen LogP contribution is 2.37. The molecule has 0 radical (unpaired) electrons. The predicted octanol–water partition coefficient (Wildman–Crippen LogP) is 5.61. The summed E-state index contributed by atoms with van der Waals surface area (Å²) in [5, 5.41) is 0.677. The van der Waals surface area contributed by atoms with E-state index in [1.54, 1.807) is 25.3 Å². The first-order chi connectivity index (χ1) is 9.01. The lowest BCUT2D eigenvalue weighted by atomic mass is 10.3. The number of methoxy groups -OCH3 is 1. The van der Waals surface area contributed by atoms with Gasteiger partial charge in [-0.1, -0.05) is 34.8 Å². The summed E-state index contributed by atoms with van der Waals surface area (Å²) in [6.45, 7) is 0. The molecule has 7 heteroatoms. The van der Waals surface area contributed by atoms with Crippen molar-refractivity contribution in [2.75, 3.05) is 7.11 Å². The van der Waals surface area contributed by atoms with E-state index in [1.165, 1.54) is 6.07 Å². The van der Waals surface area contributed by atoms with Gasteiger partial charge in [0, 0.05) is 0 Å². The van der Waals surface area contributed by atoms with Crippen LogP contribution in [0.4, 0.5) is 0 Å². The molecule has 19 heavy (non-hydrogen) atoms. The van der Waals surface area contributed by atoms with E-state index in [-0.39, 0.29) is 21.1 Å². The highest BCUT2D eigenvalue weighted by Gasteiger charge is 2.12. The fraction of sp³-hybridized carbons (Fsp3) is 0.0833. The second-order valence-corrected chi connectivity index (χ2v) is 5.47. The Bertz CT molecular complexity index is 622. The van der Waals surface area contributed by atoms with Gasteiger partial charge in [-0.25, -0.2) is 0 Å². The maximum Gasteiger partial charge on any atom is 0.239 e. The van der Waals surface area contributed by atoms with Gasteiger partial charge >= 0.3 is 0 Å². The molecular formula is C12H7BrCl3NO2. The third kappa shape index (κ3) is 3.45. The standard InChI is InChI=1S/C12H7BrCl3NO2/c1-18-6-2-3-10(7(13)4-6)19-12-9(15)5-8(14)11(16)17-12/h2-5H,1H3. The molecule has 0 saturated heterocycles. The second kappa shape index (κ2) is 6.18. The number of halogens is 4. The highest BCUT2D eigenvalue weighted by molar-refractivity contribution is 9.10. The van der Waals surface area contributed by atoms with Gasteiger partial charge < -0.3 is 9.47 Å². The molecule has 2 aromatic rings. The lowest BCUT2D eigenvalue weighted by molar-refractivity contribution is 0.411. The molecule has 0 spiro atoms. The fourth-order valence-electron chi connectivity index (χ4n) is 1.30. The van der Waals surface area contributed by atoms with Crippen molar-refractivity contribution >= 4 is 50.7 Å². The van der Waals surface area contributed by atoms with Crippen LogP contribution in [0.15, 0.2) is 28.7 Å². The summed E-state index contributed by atoms with van der Waals surface area (Å²) in [4.78, 5) is 3.98. The first kappa shape index (κ1) is 14.7. The van der Waals surface area contributed by atoms with Gasteiger partial charge in [0.2, 0.25) is 5.88 Å². The minimum Gasteiger partial charge on any atom is -0.497 e. The van der Waals surface area contributed by atoms with Crippen LogP contribution >= 0.6 is 50.7 Å². The molecule has 0 atom stereocenters. The van der Waals surface area contributed by atoms with Crippen molar-refractivity contribution in [1.29, 1.82) is 0 Å². The van der Waals surface area contributed by atoms with Crippen LogP contribution in [0.1, 0.15) is 0 Å².